The number of aliphatic hydroxyl groups excluding tert-OH is 3. The maximum atomic E-state index is 11.8. The van der Waals surface area contributed by atoms with E-state index in [9.17, 15) is 20.1 Å². The minimum absolute atomic E-state index is 0.00812. The molecule has 0 spiro atoms. The van der Waals surface area contributed by atoms with Gasteiger partial charge in [-0.05, 0) is 31.6 Å². The Balaban J connectivity index is 2.28. The molecule has 1 rings (SSSR count). The van der Waals surface area contributed by atoms with E-state index in [4.69, 9.17) is 4.74 Å². The van der Waals surface area contributed by atoms with Gasteiger partial charge in [0, 0.05) is 17.4 Å². The third-order valence-electron chi connectivity index (χ3n) is 5.93. The Hall–Kier alpha value is -0.300. The van der Waals surface area contributed by atoms with Crippen molar-refractivity contribution in [3.05, 3.63) is 0 Å². The number of aliphatic hydroxyl groups is 3. The number of carbonyl (C=O) groups excluding carboxylic acids is 1. The number of hydrogen-bond acceptors (Lipinski definition) is 6. The zero-order chi connectivity index (χ0) is 21.6. The summed E-state index contributed by atoms with van der Waals surface area (Å²) in [5, 5.41) is 30.9. The van der Waals surface area contributed by atoms with Gasteiger partial charge in [0.2, 0.25) is 0 Å². The summed E-state index contributed by atoms with van der Waals surface area (Å²) < 4.78 is 5.19. The highest BCUT2D eigenvalue weighted by molar-refractivity contribution is 8.00. The first-order valence-corrected chi connectivity index (χ1v) is 12.8. The summed E-state index contributed by atoms with van der Waals surface area (Å²) in [6, 6.07) is 0. The van der Waals surface area contributed by atoms with Crippen LogP contribution in [0.1, 0.15) is 91.4 Å². The van der Waals surface area contributed by atoms with E-state index in [0.717, 1.165) is 64.2 Å². The number of thioether (sulfide) groups is 1. The molecule has 0 bridgehead atoms. The Kier molecular flexibility index (Phi) is 14.3. The number of esters is 1. The van der Waals surface area contributed by atoms with Gasteiger partial charge in [0.05, 0.1) is 30.8 Å². The molecule has 0 amide bonds. The van der Waals surface area contributed by atoms with Gasteiger partial charge in [-0.1, -0.05) is 59.3 Å². The van der Waals surface area contributed by atoms with E-state index in [-0.39, 0.29) is 29.2 Å². The number of hydrogen-bond donors (Lipinski definition) is 3. The molecule has 0 aromatic rings. The summed E-state index contributed by atoms with van der Waals surface area (Å²) in [7, 11) is 0. The summed E-state index contributed by atoms with van der Waals surface area (Å²) in [6.07, 6.45) is 8.86. The fourth-order valence-electron chi connectivity index (χ4n) is 4.06. The number of ether oxygens (including phenoxy) is 1. The molecular formula is C23H44O5S. The molecule has 1 aliphatic carbocycles. The lowest BCUT2D eigenvalue weighted by atomic mass is 9.95. The van der Waals surface area contributed by atoms with Crippen LogP contribution >= 0.6 is 11.8 Å². The lowest BCUT2D eigenvalue weighted by Crippen LogP contribution is -2.27. The van der Waals surface area contributed by atoms with E-state index in [1.165, 1.54) is 0 Å². The predicted molar refractivity (Wildman–Crippen MR) is 120 cm³/mol. The van der Waals surface area contributed by atoms with Crippen molar-refractivity contribution in [2.45, 2.75) is 115 Å². The van der Waals surface area contributed by atoms with Crippen molar-refractivity contribution in [3.8, 4) is 0 Å². The van der Waals surface area contributed by atoms with Gasteiger partial charge in [-0.3, -0.25) is 4.79 Å². The SMILES string of the molecule is CCCCCC(O)CS[C@H]1C(O)CC(O)[C@@H]1CCCCCC(C)C(=O)OCCC. The van der Waals surface area contributed by atoms with Crippen molar-refractivity contribution in [1.29, 1.82) is 0 Å². The van der Waals surface area contributed by atoms with Crippen LogP contribution < -0.4 is 0 Å². The minimum atomic E-state index is -0.490. The number of unbranched alkanes of at least 4 members (excludes halogenated alkanes) is 4. The predicted octanol–water partition coefficient (Wildman–Crippen LogP) is 4.31. The summed E-state index contributed by atoms with van der Waals surface area (Å²) >= 11 is 1.63. The molecule has 0 radical (unpaired) electrons. The molecule has 29 heavy (non-hydrogen) atoms. The molecule has 1 fully saturated rings. The second-order valence-electron chi connectivity index (χ2n) is 8.69. The van der Waals surface area contributed by atoms with Gasteiger partial charge in [-0.2, -0.15) is 11.8 Å². The molecule has 3 N–H and O–H groups in total. The Bertz CT molecular complexity index is 433. The summed E-state index contributed by atoms with van der Waals surface area (Å²) in [6.45, 7) is 6.57. The van der Waals surface area contributed by atoms with Crippen LogP contribution in [0.4, 0.5) is 0 Å². The van der Waals surface area contributed by atoms with Gasteiger partial charge in [-0.15, -0.1) is 0 Å². The standard InChI is InChI=1S/C23H44O5S/c1-4-6-8-12-18(24)16-29-22-19(20(25)15-21(22)26)13-10-7-9-11-17(3)23(27)28-14-5-2/h17-22,24-26H,4-16H2,1-3H3/t17?,18?,19-,20?,21?,22+/m0/s1. The zero-order valence-electron chi connectivity index (χ0n) is 18.7. The summed E-state index contributed by atoms with van der Waals surface area (Å²) in [5.74, 6) is 0.560. The fraction of sp³-hybridized carbons (Fsp3) is 0.957. The minimum Gasteiger partial charge on any atom is -0.465 e. The summed E-state index contributed by atoms with van der Waals surface area (Å²) in [4.78, 5) is 11.8. The van der Waals surface area contributed by atoms with Crippen LogP contribution in [0.25, 0.3) is 0 Å². The highest BCUT2D eigenvalue weighted by atomic mass is 32.2. The highest BCUT2D eigenvalue weighted by Crippen LogP contribution is 2.39. The molecule has 4 unspecified atom stereocenters. The van der Waals surface area contributed by atoms with Crippen molar-refractivity contribution in [3.63, 3.8) is 0 Å². The molecule has 0 aromatic heterocycles. The molecular weight excluding hydrogens is 388 g/mol. The van der Waals surface area contributed by atoms with Gasteiger partial charge < -0.3 is 20.1 Å². The molecule has 1 aliphatic rings. The Morgan fingerprint density at radius 2 is 1.76 bits per heavy atom. The first-order chi connectivity index (χ1) is 13.9. The van der Waals surface area contributed by atoms with Gasteiger partial charge in [0.25, 0.3) is 0 Å². The molecule has 0 aromatic carbocycles. The topological polar surface area (TPSA) is 87.0 Å². The van der Waals surface area contributed by atoms with E-state index in [0.29, 0.717) is 18.8 Å². The second-order valence-corrected chi connectivity index (χ2v) is 9.90. The normalized spacial score (nSPS) is 26.4. The largest absolute Gasteiger partial charge is 0.465 e. The van der Waals surface area contributed by atoms with Crippen LogP contribution in [0.2, 0.25) is 0 Å². The van der Waals surface area contributed by atoms with Crippen LogP contribution in [0, 0.1) is 11.8 Å². The van der Waals surface area contributed by atoms with E-state index in [1.807, 2.05) is 13.8 Å². The molecule has 0 aliphatic heterocycles. The van der Waals surface area contributed by atoms with Crippen molar-refractivity contribution in [2.24, 2.45) is 11.8 Å². The average molecular weight is 433 g/mol. The third-order valence-corrected chi connectivity index (χ3v) is 7.55. The first-order valence-electron chi connectivity index (χ1n) is 11.7. The van der Waals surface area contributed by atoms with Crippen molar-refractivity contribution in [1.82, 2.24) is 0 Å². The van der Waals surface area contributed by atoms with Crippen LogP contribution in [0.5, 0.6) is 0 Å². The highest BCUT2D eigenvalue weighted by Gasteiger charge is 2.41. The molecule has 6 atom stereocenters. The Morgan fingerprint density at radius 3 is 2.45 bits per heavy atom. The molecule has 0 saturated heterocycles. The molecule has 5 nitrogen and oxygen atoms in total. The van der Waals surface area contributed by atoms with Gasteiger partial charge in [0.1, 0.15) is 0 Å². The van der Waals surface area contributed by atoms with E-state index in [1.54, 1.807) is 11.8 Å². The quantitative estimate of drug-likeness (QED) is 0.249. The monoisotopic (exact) mass is 432 g/mol. The zero-order valence-corrected chi connectivity index (χ0v) is 19.5. The fourth-order valence-corrected chi connectivity index (χ4v) is 5.57. The van der Waals surface area contributed by atoms with Crippen LogP contribution in [-0.4, -0.2) is 57.2 Å². The van der Waals surface area contributed by atoms with Crippen LogP contribution in [-0.2, 0) is 9.53 Å². The smallest absolute Gasteiger partial charge is 0.308 e. The van der Waals surface area contributed by atoms with Gasteiger partial charge in [0.15, 0.2) is 0 Å². The Labute approximate surface area is 182 Å². The van der Waals surface area contributed by atoms with E-state index < -0.39 is 12.2 Å². The molecule has 6 heteroatoms. The molecule has 1 saturated carbocycles. The van der Waals surface area contributed by atoms with Crippen LogP contribution in [0.3, 0.4) is 0 Å². The Morgan fingerprint density at radius 1 is 1.03 bits per heavy atom. The maximum absolute atomic E-state index is 11.8. The van der Waals surface area contributed by atoms with Crippen LogP contribution in [0.15, 0.2) is 0 Å². The number of carbonyl (C=O) groups is 1. The third kappa shape index (κ3) is 10.5. The van der Waals surface area contributed by atoms with E-state index >= 15 is 0 Å². The van der Waals surface area contributed by atoms with Gasteiger partial charge in [-0.25, -0.2) is 0 Å². The maximum Gasteiger partial charge on any atom is 0.308 e. The first kappa shape index (κ1) is 26.7. The second kappa shape index (κ2) is 15.5. The lowest BCUT2D eigenvalue weighted by molar-refractivity contribution is -0.148. The molecule has 0 heterocycles. The van der Waals surface area contributed by atoms with E-state index in [2.05, 4.69) is 6.92 Å². The number of rotatable bonds is 16. The average Bonchev–Trinajstić information content (AvgIpc) is 2.96. The van der Waals surface area contributed by atoms with Gasteiger partial charge >= 0.3 is 5.97 Å². The summed E-state index contributed by atoms with van der Waals surface area (Å²) in [5.41, 5.74) is 0. The van der Waals surface area contributed by atoms with Crippen molar-refractivity contribution in [2.75, 3.05) is 12.4 Å². The van der Waals surface area contributed by atoms with Crippen molar-refractivity contribution < 1.29 is 24.9 Å². The van der Waals surface area contributed by atoms with Crippen molar-refractivity contribution >= 4 is 17.7 Å². The lowest BCUT2D eigenvalue weighted by Gasteiger charge is -2.24. The molecule has 172 valence electrons.